The van der Waals surface area contributed by atoms with E-state index in [4.69, 9.17) is 10.5 Å². The van der Waals surface area contributed by atoms with Gasteiger partial charge in [0.05, 0.1) is 6.04 Å². The summed E-state index contributed by atoms with van der Waals surface area (Å²) in [6.45, 7) is 11.2. The molecule has 0 saturated carbocycles. The Labute approximate surface area is 168 Å². The topological polar surface area (TPSA) is 93.8 Å². The molecule has 0 spiro atoms. The Morgan fingerprint density at radius 2 is 1.86 bits per heavy atom. The number of ether oxygens (including phenoxy) is 1. The minimum absolute atomic E-state index is 0.326. The summed E-state index contributed by atoms with van der Waals surface area (Å²) in [4.78, 5) is 29.0. The molecule has 0 aliphatic heterocycles. The number of nitrogens with one attached hydrogen (secondary N) is 1. The molecule has 0 fully saturated rings. The predicted molar refractivity (Wildman–Crippen MR) is 114 cm³/mol. The molecule has 154 valence electrons. The molecule has 1 rings (SSSR count). The summed E-state index contributed by atoms with van der Waals surface area (Å²) in [7, 11) is 0. The summed E-state index contributed by atoms with van der Waals surface area (Å²) in [5.41, 5.74) is 8.56. The van der Waals surface area contributed by atoms with Crippen LogP contribution in [0, 0.1) is 0 Å². The molecule has 6 heteroatoms. The highest BCUT2D eigenvalue weighted by atomic mass is 16.6. The summed E-state index contributed by atoms with van der Waals surface area (Å²) in [6, 6.07) is 7.16. The quantitative estimate of drug-likeness (QED) is 0.307. The van der Waals surface area contributed by atoms with Gasteiger partial charge in [-0.2, -0.15) is 0 Å². The van der Waals surface area contributed by atoms with Gasteiger partial charge in [0.15, 0.2) is 0 Å². The number of allylic oxidation sites excluding steroid dienone is 2. The van der Waals surface area contributed by atoms with Gasteiger partial charge in [0.25, 0.3) is 0 Å². The fourth-order valence-corrected chi connectivity index (χ4v) is 2.60. The predicted octanol–water partition coefficient (Wildman–Crippen LogP) is 3.80. The number of amides is 1. The third-order valence-corrected chi connectivity index (χ3v) is 4.00. The lowest BCUT2D eigenvalue weighted by Gasteiger charge is -2.21. The van der Waals surface area contributed by atoms with Gasteiger partial charge in [0.1, 0.15) is 12.0 Å². The number of nitrogen functional groups attached to an aromatic ring is 1. The molecule has 0 heterocycles. The van der Waals surface area contributed by atoms with Crippen LogP contribution in [0.1, 0.15) is 59.9 Å². The van der Waals surface area contributed by atoms with Crippen molar-refractivity contribution in [1.29, 1.82) is 0 Å². The molecule has 1 amide bonds. The highest BCUT2D eigenvalue weighted by Crippen LogP contribution is 2.12. The largest absolute Gasteiger partial charge is 0.460 e. The van der Waals surface area contributed by atoms with E-state index in [9.17, 15) is 9.59 Å². The van der Waals surface area contributed by atoms with E-state index in [-0.39, 0.29) is 18.4 Å². The molecule has 3 N–H and O–H groups in total. The van der Waals surface area contributed by atoms with Crippen LogP contribution in [0.15, 0.2) is 41.0 Å². The van der Waals surface area contributed by atoms with Crippen LogP contribution in [0.4, 0.5) is 5.69 Å². The molecule has 1 aromatic carbocycles. The number of esters is 1. The van der Waals surface area contributed by atoms with Gasteiger partial charge in [-0.15, -0.1) is 0 Å². The summed E-state index contributed by atoms with van der Waals surface area (Å²) < 4.78 is 5.23. The summed E-state index contributed by atoms with van der Waals surface area (Å²) >= 11 is 0. The van der Waals surface area contributed by atoms with Crippen LogP contribution in [0.5, 0.6) is 0 Å². The molecule has 0 radical (unpaired) electrons. The molecule has 0 aliphatic carbocycles. The second-order valence-electron chi connectivity index (χ2n) is 7.72. The minimum atomic E-state index is -0.625. The van der Waals surface area contributed by atoms with E-state index in [1.165, 1.54) is 0 Å². The highest BCUT2D eigenvalue weighted by Gasteiger charge is 2.22. The number of aliphatic imine (C=N–C) groups is 1. The monoisotopic (exact) mass is 387 g/mol. The Balaban J connectivity index is 2.95. The molecule has 1 aromatic rings. The van der Waals surface area contributed by atoms with Gasteiger partial charge in [-0.3, -0.25) is 14.6 Å². The minimum Gasteiger partial charge on any atom is -0.460 e. The molecular weight excluding hydrogens is 354 g/mol. The zero-order valence-corrected chi connectivity index (χ0v) is 17.8. The van der Waals surface area contributed by atoms with E-state index < -0.39 is 11.6 Å². The SMILES string of the molecule is C/C=C(CC)\N=C(/C)[C@H](Cc1ccc(N)cc1)NC(=O)CC(=O)OC(C)(C)C. The Bertz CT molecular complexity index is 728. The molecule has 1 atom stereocenters. The van der Waals surface area contributed by atoms with Crippen LogP contribution < -0.4 is 11.1 Å². The number of nitrogens with zero attached hydrogens (tertiary/aromatic N) is 1. The molecule has 0 saturated heterocycles. The first kappa shape index (κ1) is 23.4. The first-order valence-corrected chi connectivity index (χ1v) is 9.60. The maximum absolute atomic E-state index is 12.4. The molecule has 0 aliphatic rings. The number of benzene rings is 1. The van der Waals surface area contributed by atoms with Crippen molar-refractivity contribution >= 4 is 23.3 Å². The van der Waals surface area contributed by atoms with E-state index in [0.29, 0.717) is 12.1 Å². The lowest BCUT2D eigenvalue weighted by Crippen LogP contribution is -2.42. The van der Waals surface area contributed by atoms with Gasteiger partial charge in [-0.05, 0) is 65.2 Å². The van der Waals surface area contributed by atoms with Crippen LogP contribution in [0.25, 0.3) is 0 Å². The van der Waals surface area contributed by atoms with Crippen molar-refractivity contribution < 1.29 is 14.3 Å². The van der Waals surface area contributed by atoms with Gasteiger partial charge < -0.3 is 15.8 Å². The highest BCUT2D eigenvalue weighted by molar-refractivity contribution is 5.98. The number of nitrogens with two attached hydrogens (primary N) is 1. The van der Waals surface area contributed by atoms with Crippen LogP contribution >= 0.6 is 0 Å². The Morgan fingerprint density at radius 1 is 1.25 bits per heavy atom. The number of anilines is 1. The fourth-order valence-electron chi connectivity index (χ4n) is 2.60. The van der Waals surface area contributed by atoms with E-state index in [2.05, 4.69) is 10.3 Å². The fraction of sp³-hybridized carbons (Fsp3) is 0.500. The second kappa shape index (κ2) is 10.6. The zero-order valence-electron chi connectivity index (χ0n) is 17.8. The van der Waals surface area contributed by atoms with Crippen molar-refractivity contribution in [1.82, 2.24) is 5.32 Å². The van der Waals surface area contributed by atoms with Crippen molar-refractivity contribution in [3.05, 3.63) is 41.6 Å². The van der Waals surface area contributed by atoms with Crippen LogP contribution in [-0.2, 0) is 20.7 Å². The van der Waals surface area contributed by atoms with Crippen LogP contribution in [-0.4, -0.2) is 29.2 Å². The maximum atomic E-state index is 12.4. The van der Waals surface area contributed by atoms with Gasteiger partial charge in [0, 0.05) is 17.1 Å². The van der Waals surface area contributed by atoms with E-state index >= 15 is 0 Å². The second-order valence-corrected chi connectivity index (χ2v) is 7.72. The molecule has 0 bridgehead atoms. The number of hydrogen-bond donors (Lipinski definition) is 2. The first-order chi connectivity index (χ1) is 13.0. The normalized spacial score (nSPS) is 13.8. The Kier molecular flexibility index (Phi) is 8.89. The number of rotatable bonds is 8. The van der Waals surface area contributed by atoms with Gasteiger partial charge in [-0.25, -0.2) is 0 Å². The summed E-state index contributed by atoms with van der Waals surface area (Å²) in [5.74, 6) is -0.934. The average Bonchev–Trinajstić information content (AvgIpc) is 2.58. The average molecular weight is 388 g/mol. The standard InChI is InChI=1S/C22H33N3O3/c1-7-18(8-2)24-15(3)19(13-16-9-11-17(23)12-10-16)25-20(26)14-21(27)28-22(4,5)6/h7,9-12,19H,8,13-14,23H2,1-6H3,(H,25,26)/b18-7-,24-15+/t19-/m0/s1. The van der Waals surface area contributed by atoms with Crippen LogP contribution in [0.3, 0.4) is 0 Å². The molecule has 0 aromatic heterocycles. The zero-order chi connectivity index (χ0) is 21.3. The van der Waals surface area contributed by atoms with E-state index in [0.717, 1.165) is 23.4 Å². The Hall–Kier alpha value is -2.63. The van der Waals surface area contributed by atoms with Crippen molar-refractivity contribution in [3.8, 4) is 0 Å². The van der Waals surface area contributed by atoms with Gasteiger partial charge in [-0.1, -0.05) is 25.1 Å². The number of hydrogen-bond acceptors (Lipinski definition) is 5. The van der Waals surface area contributed by atoms with Crippen molar-refractivity contribution in [2.24, 2.45) is 4.99 Å². The molecule has 6 nitrogen and oxygen atoms in total. The van der Waals surface area contributed by atoms with Crippen molar-refractivity contribution in [3.63, 3.8) is 0 Å². The molecule has 0 unspecified atom stereocenters. The number of carbonyl (C=O) groups is 2. The first-order valence-electron chi connectivity index (χ1n) is 9.60. The smallest absolute Gasteiger partial charge is 0.315 e. The maximum Gasteiger partial charge on any atom is 0.315 e. The summed E-state index contributed by atoms with van der Waals surface area (Å²) in [6.07, 6.45) is 2.98. The lowest BCUT2D eigenvalue weighted by molar-refractivity contribution is -0.156. The van der Waals surface area contributed by atoms with Crippen molar-refractivity contribution in [2.45, 2.75) is 72.4 Å². The van der Waals surface area contributed by atoms with Gasteiger partial charge >= 0.3 is 5.97 Å². The Morgan fingerprint density at radius 3 is 2.36 bits per heavy atom. The van der Waals surface area contributed by atoms with Crippen LogP contribution in [0.2, 0.25) is 0 Å². The van der Waals surface area contributed by atoms with E-state index in [1.54, 1.807) is 20.8 Å². The van der Waals surface area contributed by atoms with Crippen molar-refractivity contribution in [2.75, 3.05) is 5.73 Å². The molecular formula is C22H33N3O3. The summed E-state index contributed by atoms with van der Waals surface area (Å²) in [5, 5.41) is 2.92. The third kappa shape index (κ3) is 8.84. The van der Waals surface area contributed by atoms with Gasteiger partial charge in [0.2, 0.25) is 5.91 Å². The lowest BCUT2D eigenvalue weighted by atomic mass is 10.0. The molecule has 28 heavy (non-hydrogen) atoms. The number of carbonyl (C=O) groups excluding carboxylic acids is 2. The van der Waals surface area contributed by atoms with E-state index in [1.807, 2.05) is 51.1 Å². The third-order valence-electron chi connectivity index (χ3n) is 4.00.